The Kier molecular flexibility index (Phi) is 20.0. The van der Waals surface area contributed by atoms with Crippen molar-refractivity contribution in [2.45, 2.75) is 138 Å². The Balaban J connectivity index is 0.000000409. The fraction of sp³-hybridized carbons (Fsp3) is 0.511. The molecule has 0 atom stereocenters. The molecular weight excluding hydrogens is 791 g/mol. The molecule has 0 saturated carbocycles. The minimum atomic E-state index is -0.811. The largest absolute Gasteiger partial charge is 0.457 e. The second-order valence-corrected chi connectivity index (χ2v) is 17.7. The van der Waals surface area contributed by atoms with Crippen LogP contribution in [0.1, 0.15) is 122 Å². The van der Waals surface area contributed by atoms with Crippen molar-refractivity contribution in [1.82, 2.24) is 30.0 Å². The zero-order valence-corrected chi connectivity index (χ0v) is 39.3. The molecule has 0 spiro atoms. The van der Waals surface area contributed by atoms with E-state index in [2.05, 4.69) is 52.1 Å². The Hall–Kier alpha value is -5.37. The van der Waals surface area contributed by atoms with Crippen LogP contribution in [0.2, 0.25) is 0 Å². The van der Waals surface area contributed by atoms with Gasteiger partial charge in [0.15, 0.2) is 5.65 Å². The number of benzene rings is 2. The Morgan fingerprint density at radius 2 is 1.34 bits per heavy atom. The van der Waals surface area contributed by atoms with Gasteiger partial charge in [-0.2, -0.15) is 5.10 Å². The number of rotatable bonds is 10. The summed E-state index contributed by atoms with van der Waals surface area (Å²) in [6.45, 7) is 24.2. The molecule has 0 radical (unpaired) electrons. The number of para-hydroxylation sites is 1. The van der Waals surface area contributed by atoms with Crippen molar-refractivity contribution in [3.05, 3.63) is 73.1 Å². The van der Waals surface area contributed by atoms with Crippen molar-refractivity contribution in [3.8, 4) is 22.8 Å². The first-order valence-electron chi connectivity index (χ1n) is 21.0. The monoisotopic (exact) mass is 860 g/mol. The molecule has 3 heterocycles. The summed E-state index contributed by atoms with van der Waals surface area (Å²) in [5.41, 5.74) is 5.75. The van der Waals surface area contributed by atoms with Crippen LogP contribution in [-0.2, 0) is 14.3 Å². The maximum Gasteiger partial charge on any atom is 0.420 e. The number of piperidine rings is 1. The standard InChI is InChI=1S/C27H48N2O5.C17H13N5O.C2H6.CH2S/c1-24(2,3)33-22(31)29(23(32)34-25(4,5)6)27(9,10)17-14-16-26(7,8)18-15-21(30)28-19-12-11-13-20-28;18-16-14-15(21-22-17(14)20-10-19-16)11-6-8-13(9-7-11)23-12-4-2-1-3-5-12;2*1-2/h15,18H,11-14,16-17,19-20H2,1-10H3;1-10H,(H3,18,19,20,21,22);1-2H3;1H2/b18-15+;;;. The van der Waals surface area contributed by atoms with Crippen molar-refractivity contribution >= 4 is 53.0 Å². The normalized spacial score (nSPS) is 13.1. The van der Waals surface area contributed by atoms with Crippen molar-refractivity contribution in [1.29, 1.82) is 0 Å². The molecule has 13 nitrogen and oxygen atoms in total. The Morgan fingerprint density at radius 1 is 0.803 bits per heavy atom. The van der Waals surface area contributed by atoms with Crippen LogP contribution in [0.3, 0.4) is 0 Å². The van der Waals surface area contributed by atoms with Crippen molar-refractivity contribution in [3.63, 3.8) is 0 Å². The molecule has 14 heteroatoms. The lowest BCUT2D eigenvalue weighted by Gasteiger charge is -2.38. The number of nitrogens with one attached hydrogen (secondary N) is 1. The summed E-state index contributed by atoms with van der Waals surface area (Å²) >= 11 is 3.83. The molecule has 0 bridgehead atoms. The second kappa shape index (κ2) is 23.6. The van der Waals surface area contributed by atoms with E-state index in [1.807, 2.05) is 93.3 Å². The van der Waals surface area contributed by atoms with Gasteiger partial charge in [-0.15, -0.1) is 0 Å². The zero-order valence-electron chi connectivity index (χ0n) is 38.5. The SMILES string of the molecule is C=S.CC.CC(C)(/C=C/C(=O)N1CCCCC1)CCCC(C)(C)N(C(=O)OC(C)(C)C)C(=O)OC(C)(C)C.Nc1ncnc2n[nH]c(-c3ccc(Oc4ccccc4)cc3)c12. The highest BCUT2D eigenvalue weighted by Crippen LogP contribution is 2.33. The minimum Gasteiger partial charge on any atom is -0.457 e. The van der Waals surface area contributed by atoms with Crippen LogP contribution in [0.25, 0.3) is 22.3 Å². The number of likely N-dealkylation sites (tertiary alicyclic amines) is 1. The molecule has 61 heavy (non-hydrogen) atoms. The number of aromatic amines is 1. The third kappa shape index (κ3) is 17.3. The summed E-state index contributed by atoms with van der Waals surface area (Å²) in [4.78, 5) is 49.6. The van der Waals surface area contributed by atoms with E-state index in [1.165, 1.54) is 12.7 Å². The molecular formula is C47H69N7O6S. The van der Waals surface area contributed by atoms with Crippen LogP contribution in [0.4, 0.5) is 15.4 Å². The predicted molar refractivity (Wildman–Crippen MR) is 250 cm³/mol. The molecule has 2 aromatic carbocycles. The van der Waals surface area contributed by atoms with Gasteiger partial charge in [0.25, 0.3) is 0 Å². The lowest BCUT2D eigenvalue weighted by Crippen LogP contribution is -2.54. The molecule has 2 aromatic heterocycles. The van der Waals surface area contributed by atoms with Gasteiger partial charge >= 0.3 is 12.2 Å². The van der Waals surface area contributed by atoms with E-state index in [-0.39, 0.29) is 11.3 Å². The number of ether oxygens (including phenoxy) is 3. The number of thiocarbonyl (C=S) groups is 1. The van der Waals surface area contributed by atoms with Gasteiger partial charge in [0, 0.05) is 18.7 Å². The number of allylic oxidation sites excluding steroid dienone is 1. The van der Waals surface area contributed by atoms with E-state index in [1.54, 1.807) is 47.6 Å². The second-order valence-electron chi connectivity index (χ2n) is 17.7. The highest BCUT2D eigenvalue weighted by molar-refractivity contribution is 7.77. The van der Waals surface area contributed by atoms with Gasteiger partial charge in [-0.05, 0) is 141 Å². The number of nitrogens with zero attached hydrogens (tertiary/aromatic N) is 5. The van der Waals surface area contributed by atoms with Gasteiger partial charge < -0.3 is 24.8 Å². The molecule has 4 aromatic rings. The van der Waals surface area contributed by atoms with Crippen LogP contribution < -0.4 is 10.5 Å². The fourth-order valence-corrected chi connectivity index (χ4v) is 6.27. The van der Waals surface area contributed by atoms with Crippen molar-refractivity contribution in [2.75, 3.05) is 18.8 Å². The molecule has 334 valence electrons. The molecule has 3 N–H and O–H groups in total. The Labute approximate surface area is 368 Å². The fourth-order valence-electron chi connectivity index (χ4n) is 6.27. The average Bonchev–Trinajstić information content (AvgIpc) is 3.64. The number of aromatic nitrogens is 4. The first-order chi connectivity index (χ1) is 28.6. The number of amides is 3. The first kappa shape index (κ1) is 51.8. The Bertz CT molecular complexity index is 1970. The van der Waals surface area contributed by atoms with Crippen LogP contribution in [0.15, 0.2) is 73.1 Å². The van der Waals surface area contributed by atoms with Crippen molar-refractivity contribution in [2.24, 2.45) is 5.41 Å². The molecule has 0 unspecified atom stereocenters. The first-order valence-corrected chi connectivity index (χ1v) is 21.5. The van der Waals surface area contributed by atoms with Gasteiger partial charge in [-0.3, -0.25) is 9.89 Å². The van der Waals surface area contributed by atoms with Gasteiger partial charge in [-0.1, -0.05) is 70.6 Å². The molecule has 5 rings (SSSR count). The summed E-state index contributed by atoms with van der Waals surface area (Å²) in [5, 5.41) is 7.85. The van der Waals surface area contributed by atoms with Crippen LogP contribution in [0.5, 0.6) is 11.5 Å². The summed E-state index contributed by atoms with van der Waals surface area (Å²) in [7, 11) is 0. The average molecular weight is 860 g/mol. The van der Waals surface area contributed by atoms with Crippen LogP contribution in [0, 0.1) is 5.41 Å². The number of hydrogen-bond donors (Lipinski definition) is 2. The molecule has 0 aliphatic carbocycles. The van der Waals surface area contributed by atoms with Gasteiger partial charge in [0.1, 0.15) is 34.8 Å². The molecule has 1 saturated heterocycles. The van der Waals surface area contributed by atoms with E-state index >= 15 is 0 Å². The van der Waals surface area contributed by atoms with Crippen molar-refractivity contribution < 1.29 is 28.6 Å². The number of carbonyl (C=O) groups is 3. The van der Waals surface area contributed by atoms with Crippen LogP contribution >= 0.6 is 12.2 Å². The van der Waals surface area contributed by atoms with E-state index in [0.717, 1.165) is 71.8 Å². The number of imide groups is 1. The number of nitrogen functional groups attached to an aromatic ring is 1. The summed E-state index contributed by atoms with van der Waals surface area (Å²) < 4.78 is 16.8. The van der Waals surface area contributed by atoms with E-state index in [9.17, 15) is 14.4 Å². The third-order valence-electron chi connectivity index (χ3n) is 9.21. The molecule has 3 amide bonds. The zero-order chi connectivity index (χ0) is 46.0. The quantitative estimate of drug-likeness (QED) is 0.115. The number of carbonyl (C=O) groups excluding carboxylic acids is 3. The molecule has 1 fully saturated rings. The maximum absolute atomic E-state index is 13.0. The van der Waals surface area contributed by atoms with Gasteiger partial charge in [0.05, 0.1) is 16.6 Å². The van der Waals surface area contributed by atoms with Gasteiger partial charge in [0.2, 0.25) is 5.91 Å². The predicted octanol–water partition coefficient (Wildman–Crippen LogP) is 11.7. The summed E-state index contributed by atoms with van der Waals surface area (Å²) in [6, 6.07) is 17.3. The highest BCUT2D eigenvalue weighted by atomic mass is 32.1. The number of anilines is 1. The Morgan fingerprint density at radius 3 is 1.89 bits per heavy atom. The van der Waals surface area contributed by atoms with E-state index < -0.39 is 28.9 Å². The highest BCUT2D eigenvalue weighted by Gasteiger charge is 2.41. The van der Waals surface area contributed by atoms with Gasteiger partial charge in [-0.25, -0.2) is 24.5 Å². The topological polar surface area (TPSA) is 166 Å². The lowest BCUT2D eigenvalue weighted by molar-refractivity contribution is -0.126. The maximum atomic E-state index is 13.0. The van der Waals surface area contributed by atoms with Crippen LogP contribution in [-0.4, -0.2) is 83.8 Å². The molecule has 1 aliphatic heterocycles. The third-order valence-corrected chi connectivity index (χ3v) is 9.21. The number of hydrogen-bond acceptors (Lipinski definition) is 11. The number of H-pyrrole nitrogens is 1. The van der Waals surface area contributed by atoms with E-state index in [4.69, 9.17) is 19.9 Å². The summed E-state index contributed by atoms with van der Waals surface area (Å²) in [6.07, 6.45) is 9.13. The number of fused-ring (bicyclic) bond motifs is 1. The lowest BCUT2D eigenvalue weighted by atomic mass is 9.84. The number of nitrogens with two attached hydrogens (primary N) is 1. The minimum absolute atomic E-state index is 0.0779. The van der Waals surface area contributed by atoms with E-state index in [0.29, 0.717) is 17.9 Å². The smallest absolute Gasteiger partial charge is 0.420 e. The summed E-state index contributed by atoms with van der Waals surface area (Å²) in [5.74, 6) is 4.87. The molecule has 1 aliphatic rings.